The average molecular weight is 224 g/mol. The fourth-order valence-electron chi connectivity index (χ4n) is 1.07. The van der Waals surface area contributed by atoms with Crippen molar-refractivity contribution < 1.29 is 9.53 Å². The van der Waals surface area contributed by atoms with Crippen LogP contribution in [0.5, 0.6) is 5.06 Å². The van der Waals surface area contributed by atoms with Crippen molar-refractivity contribution in [1.29, 1.82) is 0 Å². The molecule has 0 atom stereocenters. The normalized spacial score (nSPS) is 18.1. The molecule has 1 aliphatic rings. The Kier molecular flexibility index (Phi) is 2.74. The van der Waals surface area contributed by atoms with Crippen molar-refractivity contribution >= 4 is 34.3 Å². The van der Waals surface area contributed by atoms with Gasteiger partial charge in [0.2, 0.25) is 5.12 Å². The number of carbonyl (C=O) groups excluding carboxylic acids is 1. The van der Waals surface area contributed by atoms with Crippen LogP contribution in [0, 0.1) is 0 Å². The first kappa shape index (κ1) is 9.55. The summed E-state index contributed by atoms with van der Waals surface area (Å²) < 4.78 is 5.08. The summed E-state index contributed by atoms with van der Waals surface area (Å²) in [6, 6.07) is 3.90. The molecule has 0 aromatic carbocycles. The van der Waals surface area contributed by atoms with Crippen molar-refractivity contribution in [3.8, 4) is 5.06 Å². The summed E-state index contributed by atoms with van der Waals surface area (Å²) in [6.45, 7) is 0. The Morgan fingerprint density at radius 1 is 1.36 bits per heavy atom. The molecule has 2 nitrogen and oxygen atoms in total. The highest BCUT2D eigenvalue weighted by Gasteiger charge is 2.09. The lowest BCUT2D eigenvalue weighted by Crippen LogP contribution is -1.73. The molecule has 0 aliphatic carbocycles. The smallest absolute Gasteiger partial charge is 0.216 e. The van der Waals surface area contributed by atoms with Crippen LogP contribution in [-0.4, -0.2) is 12.2 Å². The Balaban J connectivity index is 2.17. The van der Waals surface area contributed by atoms with E-state index in [4.69, 9.17) is 4.74 Å². The van der Waals surface area contributed by atoms with E-state index < -0.39 is 0 Å². The number of thioether (sulfide) groups is 1. The molecule has 2 heterocycles. The van der Waals surface area contributed by atoms with E-state index in [0.29, 0.717) is 0 Å². The van der Waals surface area contributed by atoms with E-state index in [1.54, 1.807) is 24.5 Å². The van der Waals surface area contributed by atoms with Gasteiger partial charge in [0.05, 0.1) is 7.11 Å². The molecule has 1 aliphatic heterocycles. The molecule has 0 radical (unpaired) electrons. The molecule has 0 amide bonds. The molecule has 0 N–H and O–H groups in total. The van der Waals surface area contributed by atoms with Gasteiger partial charge < -0.3 is 4.74 Å². The van der Waals surface area contributed by atoms with Crippen LogP contribution in [0.15, 0.2) is 29.2 Å². The summed E-state index contributed by atoms with van der Waals surface area (Å²) in [5, 5.41) is 0.981. The van der Waals surface area contributed by atoms with Crippen molar-refractivity contribution in [3.63, 3.8) is 0 Å². The molecule has 0 unspecified atom stereocenters. The van der Waals surface area contributed by atoms with Crippen LogP contribution >= 0.6 is 23.1 Å². The summed E-state index contributed by atoms with van der Waals surface area (Å²) in [4.78, 5) is 13.0. The van der Waals surface area contributed by atoms with Gasteiger partial charge in [-0.2, -0.15) is 0 Å². The van der Waals surface area contributed by atoms with E-state index in [1.165, 1.54) is 11.8 Å². The van der Waals surface area contributed by atoms with Crippen molar-refractivity contribution in [3.05, 3.63) is 34.1 Å². The zero-order valence-corrected chi connectivity index (χ0v) is 9.15. The summed E-state index contributed by atoms with van der Waals surface area (Å²) >= 11 is 2.82. The number of hydrogen-bond donors (Lipinski definition) is 0. The van der Waals surface area contributed by atoms with Crippen LogP contribution in [0.1, 0.15) is 4.88 Å². The lowest BCUT2D eigenvalue weighted by atomic mass is 10.4. The number of carbonyl (C=O) groups is 1. The minimum atomic E-state index is 0.0970. The molecular weight excluding hydrogens is 216 g/mol. The zero-order chi connectivity index (χ0) is 9.97. The number of methoxy groups -OCH3 is 1. The molecule has 4 heteroatoms. The van der Waals surface area contributed by atoms with Crippen LogP contribution in [0.2, 0.25) is 0 Å². The van der Waals surface area contributed by atoms with Crippen molar-refractivity contribution in [2.24, 2.45) is 0 Å². The van der Waals surface area contributed by atoms with Crippen molar-refractivity contribution in [2.45, 2.75) is 0 Å². The molecule has 0 saturated heterocycles. The highest BCUT2D eigenvalue weighted by molar-refractivity contribution is 8.18. The molecule has 2 rings (SSSR count). The van der Waals surface area contributed by atoms with E-state index in [0.717, 1.165) is 14.8 Å². The van der Waals surface area contributed by atoms with Gasteiger partial charge in [-0.3, -0.25) is 4.79 Å². The monoisotopic (exact) mass is 224 g/mol. The molecule has 1 aromatic heterocycles. The Labute approximate surface area is 90.3 Å². The van der Waals surface area contributed by atoms with E-state index >= 15 is 0 Å². The second-order valence-electron chi connectivity index (χ2n) is 2.66. The van der Waals surface area contributed by atoms with E-state index in [-0.39, 0.29) is 5.12 Å². The molecule has 0 spiro atoms. The Morgan fingerprint density at radius 3 is 2.79 bits per heavy atom. The number of rotatable bonds is 2. The predicted octanol–water partition coefficient (Wildman–Crippen LogP) is 2.93. The SMILES string of the molecule is COc1ccc(C=C2C=CC(=O)S2)s1. The maximum atomic E-state index is 10.9. The van der Waals surface area contributed by atoms with Crippen LogP contribution in [0.4, 0.5) is 0 Å². The number of ether oxygens (including phenoxy) is 1. The molecule has 14 heavy (non-hydrogen) atoms. The highest BCUT2D eigenvalue weighted by atomic mass is 32.2. The van der Waals surface area contributed by atoms with Crippen LogP contribution in [0.3, 0.4) is 0 Å². The van der Waals surface area contributed by atoms with Gasteiger partial charge in [-0.05, 0) is 42.1 Å². The largest absolute Gasteiger partial charge is 0.487 e. The third kappa shape index (κ3) is 2.08. The fourth-order valence-corrected chi connectivity index (χ4v) is 2.61. The Bertz CT molecular complexity index is 416. The first-order valence-corrected chi connectivity index (χ1v) is 5.66. The number of thiophene rings is 1. The maximum Gasteiger partial charge on any atom is 0.216 e. The van der Waals surface area contributed by atoms with Gasteiger partial charge in [0.1, 0.15) is 0 Å². The topological polar surface area (TPSA) is 26.3 Å². The predicted molar refractivity (Wildman–Crippen MR) is 60.6 cm³/mol. The van der Waals surface area contributed by atoms with Crippen molar-refractivity contribution in [1.82, 2.24) is 0 Å². The Morgan fingerprint density at radius 2 is 2.21 bits per heavy atom. The molecule has 1 aromatic rings. The first-order valence-electron chi connectivity index (χ1n) is 4.03. The second kappa shape index (κ2) is 4.02. The molecule has 0 fully saturated rings. The quantitative estimate of drug-likeness (QED) is 0.772. The second-order valence-corrected chi connectivity index (χ2v) is 4.82. The number of hydrogen-bond acceptors (Lipinski definition) is 4. The average Bonchev–Trinajstić information content (AvgIpc) is 2.76. The zero-order valence-electron chi connectivity index (χ0n) is 7.52. The summed E-state index contributed by atoms with van der Waals surface area (Å²) in [7, 11) is 1.65. The van der Waals surface area contributed by atoms with Gasteiger partial charge in [-0.25, -0.2) is 0 Å². The van der Waals surface area contributed by atoms with Crippen LogP contribution in [-0.2, 0) is 4.79 Å². The standard InChI is InChI=1S/C10H8O2S2/c1-12-10-5-3-8(14-10)6-7-2-4-9(11)13-7/h2-6H,1H3. The van der Waals surface area contributed by atoms with E-state index in [9.17, 15) is 4.79 Å². The lowest BCUT2D eigenvalue weighted by Gasteiger charge is -1.90. The van der Waals surface area contributed by atoms with Crippen molar-refractivity contribution in [2.75, 3.05) is 7.11 Å². The number of allylic oxidation sites excluding steroid dienone is 1. The third-order valence-corrected chi connectivity index (χ3v) is 3.51. The van der Waals surface area contributed by atoms with Gasteiger partial charge in [-0.1, -0.05) is 11.3 Å². The van der Waals surface area contributed by atoms with Gasteiger partial charge in [0.15, 0.2) is 5.06 Å². The summed E-state index contributed by atoms with van der Waals surface area (Å²) in [5.41, 5.74) is 0. The maximum absolute atomic E-state index is 10.9. The summed E-state index contributed by atoms with van der Waals surface area (Å²) in [5.74, 6) is 0. The van der Waals surface area contributed by atoms with E-state index in [1.807, 2.05) is 24.3 Å². The van der Waals surface area contributed by atoms with Gasteiger partial charge in [0.25, 0.3) is 0 Å². The first-order chi connectivity index (χ1) is 6.78. The minimum Gasteiger partial charge on any atom is -0.487 e. The third-order valence-electron chi connectivity index (χ3n) is 1.69. The van der Waals surface area contributed by atoms with Gasteiger partial charge >= 0.3 is 0 Å². The molecule has 0 saturated carbocycles. The highest BCUT2D eigenvalue weighted by Crippen LogP contribution is 2.31. The minimum absolute atomic E-state index is 0.0970. The van der Waals surface area contributed by atoms with Gasteiger partial charge in [-0.15, -0.1) is 0 Å². The molecule has 0 bridgehead atoms. The van der Waals surface area contributed by atoms with E-state index in [2.05, 4.69) is 0 Å². The van der Waals surface area contributed by atoms with Crippen LogP contribution in [0.25, 0.3) is 6.08 Å². The lowest BCUT2D eigenvalue weighted by molar-refractivity contribution is -0.106. The fraction of sp³-hybridized carbons (Fsp3) is 0.100. The van der Waals surface area contributed by atoms with Gasteiger partial charge in [0, 0.05) is 9.78 Å². The molecular formula is C10H8O2S2. The molecule has 72 valence electrons. The Hall–Kier alpha value is -1.00. The van der Waals surface area contributed by atoms with Crippen LogP contribution < -0.4 is 4.74 Å². The summed E-state index contributed by atoms with van der Waals surface area (Å²) in [6.07, 6.45) is 5.40.